The maximum Gasteiger partial charge on any atom is 0.341 e. The molecule has 0 aliphatic carbocycles. The summed E-state index contributed by atoms with van der Waals surface area (Å²) in [5, 5.41) is 8.55. The van der Waals surface area contributed by atoms with Crippen LogP contribution in [0.4, 0.5) is 5.69 Å². The van der Waals surface area contributed by atoms with Gasteiger partial charge in [0.05, 0.1) is 23.4 Å². The van der Waals surface area contributed by atoms with Gasteiger partial charge in [0, 0.05) is 37.9 Å². The van der Waals surface area contributed by atoms with Crippen molar-refractivity contribution in [1.82, 2.24) is 20.1 Å². The molecule has 8 heteroatoms. The number of carbonyl (C=O) groups is 2. The molecule has 32 heavy (non-hydrogen) atoms. The quantitative estimate of drug-likeness (QED) is 0.619. The van der Waals surface area contributed by atoms with E-state index in [2.05, 4.69) is 20.3 Å². The normalized spacial score (nSPS) is 14.6. The van der Waals surface area contributed by atoms with E-state index >= 15 is 0 Å². The van der Waals surface area contributed by atoms with E-state index < -0.39 is 0 Å². The minimum atomic E-state index is -0.380. The molecule has 1 fully saturated rings. The number of carbonyl (C=O) groups excluding carboxylic acids is 2. The van der Waals surface area contributed by atoms with E-state index in [1.54, 1.807) is 17.8 Å². The number of fused-ring (bicyclic) bond motifs is 1. The van der Waals surface area contributed by atoms with E-state index in [4.69, 9.17) is 4.74 Å². The Bertz CT molecular complexity index is 1160. The van der Waals surface area contributed by atoms with Gasteiger partial charge in [0.15, 0.2) is 5.65 Å². The Morgan fingerprint density at radius 3 is 2.56 bits per heavy atom. The molecule has 0 atom stereocenters. The lowest BCUT2D eigenvalue weighted by Gasteiger charge is -2.35. The molecule has 0 unspecified atom stereocenters. The molecule has 1 aromatic carbocycles. The summed E-state index contributed by atoms with van der Waals surface area (Å²) >= 11 is 0. The van der Waals surface area contributed by atoms with Crippen LogP contribution < -0.4 is 10.2 Å². The third-order valence-corrected chi connectivity index (χ3v) is 6.03. The standard InChI is InChI=1S/C24H29N5O3/c1-5-32-24(31)19-14-25-22-20(16(3)27-28(22)4)21(19)29-12-10-17(11-13-29)26-23(30)18-9-7-6-8-15(18)2/h6-9,14,17H,5,10-13H2,1-4H3,(H,26,30). The molecule has 0 saturated carbocycles. The van der Waals surface area contributed by atoms with Crippen molar-refractivity contribution < 1.29 is 14.3 Å². The van der Waals surface area contributed by atoms with Crippen LogP contribution in [0.5, 0.6) is 0 Å². The number of amides is 1. The zero-order valence-electron chi connectivity index (χ0n) is 19.0. The average molecular weight is 436 g/mol. The number of anilines is 1. The minimum absolute atomic E-state index is 0.0387. The number of aromatic nitrogens is 3. The number of hydrogen-bond donors (Lipinski definition) is 1. The molecule has 2 aromatic heterocycles. The van der Waals surface area contributed by atoms with E-state index in [1.165, 1.54) is 0 Å². The Labute approximate surface area is 187 Å². The van der Waals surface area contributed by atoms with Gasteiger partial charge < -0.3 is 15.0 Å². The van der Waals surface area contributed by atoms with Crippen molar-refractivity contribution >= 4 is 28.6 Å². The summed E-state index contributed by atoms with van der Waals surface area (Å²) in [7, 11) is 1.85. The molecular formula is C24H29N5O3. The summed E-state index contributed by atoms with van der Waals surface area (Å²) in [6, 6.07) is 7.69. The first-order valence-corrected chi connectivity index (χ1v) is 11.0. The second-order valence-corrected chi connectivity index (χ2v) is 8.20. The molecule has 8 nitrogen and oxygen atoms in total. The predicted octanol–water partition coefficient (Wildman–Crippen LogP) is 3.16. The molecule has 0 spiro atoms. The van der Waals surface area contributed by atoms with E-state index in [0.29, 0.717) is 30.8 Å². The van der Waals surface area contributed by atoms with E-state index in [0.717, 1.165) is 40.8 Å². The van der Waals surface area contributed by atoms with Crippen molar-refractivity contribution in [1.29, 1.82) is 0 Å². The second-order valence-electron chi connectivity index (χ2n) is 8.20. The molecule has 1 aliphatic heterocycles. The lowest BCUT2D eigenvalue weighted by Crippen LogP contribution is -2.45. The molecule has 1 saturated heterocycles. The molecule has 168 valence electrons. The maximum absolute atomic E-state index is 12.7. The van der Waals surface area contributed by atoms with Gasteiger partial charge >= 0.3 is 5.97 Å². The smallest absolute Gasteiger partial charge is 0.341 e. The lowest BCUT2D eigenvalue weighted by molar-refractivity contribution is 0.0526. The first-order chi connectivity index (χ1) is 15.4. The fourth-order valence-corrected chi connectivity index (χ4v) is 4.42. The number of benzene rings is 1. The van der Waals surface area contributed by atoms with Crippen molar-refractivity contribution in [3.63, 3.8) is 0 Å². The molecular weight excluding hydrogens is 406 g/mol. The largest absolute Gasteiger partial charge is 0.462 e. The summed E-state index contributed by atoms with van der Waals surface area (Å²) in [6.45, 7) is 7.38. The number of aryl methyl sites for hydroxylation is 3. The summed E-state index contributed by atoms with van der Waals surface area (Å²) in [5.74, 6) is -0.418. The number of esters is 1. The fourth-order valence-electron chi connectivity index (χ4n) is 4.42. The highest BCUT2D eigenvalue weighted by Gasteiger charge is 2.28. The zero-order valence-corrected chi connectivity index (χ0v) is 19.0. The van der Waals surface area contributed by atoms with Crippen LogP contribution in [0.25, 0.3) is 11.0 Å². The van der Waals surface area contributed by atoms with Crippen LogP contribution in [0.2, 0.25) is 0 Å². The Hall–Kier alpha value is -3.42. The van der Waals surface area contributed by atoms with Crippen molar-refractivity contribution in [3.05, 3.63) is 52.8 Å². The van der Waals surface area contributed by atoms with Crippen molar-refractivity contribution in [2.24, 2.45) is 7.05 Å². The van der Waals surface area contributed by atoms with Crippen LogP contribution in [0, 0.1) is 13.8 Å². The second kappa shape index (κ2) is 8.98. The molecule has 3 heterocycles. The summed E-state index contributed by atoms with van der Waals surface area (Å²) in [4.78, 5) is 32.1. The van der Waals surface area contributed by atoms with Gasteiger partial charge in [-0.15, -0.1) is 0 Å². The minimum Gasteiger partial charge on any atom is -0.462 e. The molecule has 0 bridgehead atoms. The maximum atomic E-state index is 12.7. The van der Waals surface area contributed by atoms with Crippen LogP contribution in [0.3, 0.4) is 0 Å². The van der Waals surface area contributed by atoms with Gasteiger partial charge in [-0.3, -0.25) is 9.48 Å². The number of rotatable bonds is 5. The van der Waals surface area contributed by atoms with Crippen LogP contribution in [0.15, 0.2) is 30.5 Å². The molecule has 1 N–H and O–H groups in total. The summed E-state index contributed by atoms with van der Waals surface area (Å²) in [6.07, 6.45) is 3.15. The number of pyridine rings is 1. The summed E-state index contributed by atoms with van der Waals surface area (Å²) < 4.78 is 7.03. The Kier molecular flexibility index (Phi) is 6.12. The molecule has 1 aliphatic rings. The number of piperidine rings is 1. The topological polar surface area (TPSA) is 89.3 Å². The highest BCUT2D eigenvalue weighted by Crippen LogP contribution is 2.34. The van der Waals surface area contributed by atoms with Gasteiger partial charge in [-0.2, -0.15) is 5.10 Å². The summed E-state index contributed by atoms with van der Waals surface area (Å²) in [5.41, 5.74) is 4.52. The van der Waals surface area contributed by atoms with Gasteiger partial charge in [0.1, 0.15) is 5.56 Å². The fraction of sp³-hybridized carbons (Fsp3) is 0.417. The Morgan fingerprint density at radius 1 is 1.16 bits per heavy atom. The van der Waals surface area contributed by atoms with Crippen LogP contribution in [-0.4, -0.2) is 52.4 Å². The average Bonchev–Trinajstić information content (AvgIpc) is 3.07. The van der Waals surface area contributed by atoms with Gasteiger partial charge in [-0.25, -0.2) is 9.78 Å². The van der Waals surface area contributed by atoms with E-state index in [-0.39, 0.29) is 17.9 Å². The molecule has 3 aromatic rings. The monoisotopic (exact) mass is 435 g/mol. The number of nitrogens with zero attached hydrogens (tertiary/aromatic N) is 4. The third-order valence-electron chi connectivity index (χ3n) is 6.03. The van der Waals surface area contributed by atoms with Crippen molar-refractivity contribution in [2.45, 2.75) is 39.7 Å². The Morgan fingerprint density at radius 2 is 1.88 bits per heavy atom. The first-order valence-electron chi connectivity index (χ1n) is 11.0. The molecule has 0 radical (unpaired) electrons. The Balaban J connectivity index is 1.57. The molecule has 1 amide bonds. The van der Waals surface area contributed by atoms with Crippen molar-refractivity contribution in [3.8, 4) is 0 Å². The number of nitrogens with one attached hydrogen (secondary N) is 1. The highest BCUT2D eigenvalue weighted by molar-refractivity contribution is 6.05. The van der Waals surface area contributed by atoms with Crippen LogP contribution in [0.1, 0.15) is 51.7 Å². The van der Waals surface area contributed by atoms with Gasteiger partial charge in [-0.05, 0) is 45.2 Å². The van der Waals surface area contributed by atoms with Gasteiger partial charge in [0.25, 0.3) is 5.91 Å². The van der Waals surface area contributed by atoms with Crippen LogP contribution in [-0.2, 0) is 11.8 Å². The van der Waals surface area contributed by atoms with Crippen LogP contribution >= 0.6 is 0 Å². The first kappa shape index (κ1) is 21.8. The lowest BCUT2D eigenvalue weighted by atomic mass is 10.0. The van der Waals surface area contributed by atoms with Gasteiger partial charge in [0.2, 0.25) is 0 Å². The van der Waals surface area contributed by atoms with Crippen molar-refractivity contribution in [2.75, 3.05) is 24.6 Å². The number of hydrogen-bond acceptors (Lipinski definition) is 6. The third kappa shape index (κ3) is 4.04. The molecule has 4 rings (SSSR count). The number of ether oxygens (including phenoxy) is 1. The van der Waals surface area contributed by atoms with E-state index in [1.807, 2.05) is 45.2 Å². The predicted molar refractivity (Wildman–Crippen MR) is 123 cm³/mol. The highest BCUT2D eigenvalue weighted by atomic mass is 16.5. The van der Waals surface area contributed by atoms with E-state index in [9.17, 15) is 9.59 Å². The van der Waals surface area contributed by atoms with Gasteiger partial charge in [-0.1, -0.05) is 18.2 Å². The SMILES string of the molecule is CCOC(=O)c1cnc2c(c(C)nn2C)c1N1CCC(NC(=O)c2ccccc2C)CC1. The zero-order chi connectivity index (χ0) is 22.8.